The van der Waals surface area contributed by atoms with Gasteiger partial charge in [-0.15, -0.1) is 0 Å². The number of likely N-dealkylation sites (tertiary alicyclic amines) is 1. The second-order valence-corrected chi connectivity index (χ2v) is 9.21. The maximum atomic E-state index is 13.0. The predicted octanol–water partition coefficient (Wildman–Crippen LogP) is 3.88. The number of anilines is 2. The minimum Gasteiger partial charge on any atom is -0.339 e. The van der Waals surface area contributed by atoms with Crippen molar-refractivity contribution >= 4 is 34.2 Å². The summed E-state index contributed by atoms with van der Waals surface area (Å²) in [7, 11) is 0. The number of rotatable bonds is 6. The molecule has 1 saturated heterocycles. The first kappa shape index (κ1) is 24.1. The van der Waals surface area contributed by atoms with Gasteiger partial charge in [0.1, 0.15) is 17.4 Å². The number of nitrogens with one attached hydrogen (secondary N) is 3. The molecule has 4 aromatic heterocycles. The number of H-pyrrole nitrogens is 1. The summed E-state index contributed by atoms with van der Waals surface area (Å²) in [5, 5.41) is 15.5. The quantitative estimate of drug-likeness (QED) is 0.370. The smallest absolute Gasteiger partial charge is 0.257 e. The van der Waals surface area contributed by atoms with Crippen molar-refractivity contribution in [3.63, 3.8) is 0 Å². The zero-order valence-electron chi connectivity index (χ0n) is 20.6. The van der Waals surface area contributed by atoms with Crippen LogP contribution in [0.4, 0.5) is 11.4 Å². The number of hydrogen-bond donors (Lipinski definition) is 3. The molecule has 0 saturated carbocycles. The van der Waals surface area contributed by atoms with Gasteiger partial charge >= 0.3 is 0 Å². The van der Waals surface area contributed by atoms with Crippen molar-refractivity contribution in [1.82, 2.24) is 24.8 Å². The third kappa shape index (κ3) is 5.32. The highest BCUT2D eigenvalue weighted by molar-refractivity contribution is 6.06. The topological polar surface area (TPSA) is 140 Å². The molecule has 4 aromatic rings. The lowest BCUT2D eigenvalue weighted by atomic mass is 10.1. The summed E-state index contributed by atoms with van der Waals surface area (Å²) in [4.78, 5) is 43.7. The number of aryl methyl sites for hydroxylation is 1. The van der Waals surface area contributed by atoms with Gasteiger partial charge in [0.2, 0.25) is 5.91 Å². The molecular weight excluding hydrogens is 468 g/mol. The van der Waals surface area contributed by atoms with E-state index in [1.54, 1.807) is 43.6 Å². The van der Waals surface area contributed by atoms with Crippen molar-refractivity contribution in [2.45, 2.75) is 32.7 Å². The average Bonchev–Trinajstić information content (AvgIpc) is 3.51. The van der Waals surface area contributed by atoms with Crippen molar-refractivity contribution in [2.75, 3.05) is 23.7 Å². The highest BCUT2D eigenvalue weighted by Crippen LogP contribution is 2.24. The van der Waals surface area contributed by atoms with Crippen molar-refractivity contribution in [3.05, 3.63) is 65.9 Å². The highest BCUT2D eigenvalue weighted by atomic mass is 16.2. The molecule has 0 radical (unpaired) electrons. The summed E-state index contributed by atoms with van der Waals surface area (Å²) in [6, 6.07) is 11.2. The first-order valence-electron chi connectivity index (χ1n) is 12.1. The molecule has 5 rings (SSSR count). The SMILES string of the molecule is Cc1ncc(NC(=O)CN2CCC[C@@H]2C)cc1NC(=O)c1cnc2[nH]c(-c3ccc(C#N)nc3)cc2c1. The van der Waals surface area contributed by atoms with Crippen molar-refractivity contribution < 1.29 is 9.59 Å². The molecule has 1 atom stereocenters. The Kier molecular flexibility index (Phi) is 6.62. The molecule has 10 heteroatoms. The van der Waals surface area contributed by atoms with Crippen LogP contribution < -0.4 is 10.6 Å². The zero-order chi connectivity index (χ0) is 25.9. The maximum Gasteiger partial charge on any atom is 0.257 e. The fourth-order valence-corrected chi connectivity index (χ4v) is 4.45. The van der Waals surface area contributed by atoms with Crippen LogP contribution in [0.3, 0.4) is 0 Å². The Labute approximate surface area is 213 Å². The molecule has 37 heavy (non-hydrogen) atoms. The zero-order valence-corrected chi connectivity index (χ0v) is 20.6. The number of aromatic amines is 1. The van der Waals surface area contributed by atoms with Crippen LogP contribution in [0.1, 0.15) is 41.5 Å². The number of aromatic nitrogens is 4. The van der Waals surface area contributed by atoms with Gasteiger partial charge in [-0.05, 0) is 63.6 Å². The van der Waals surface area contributed by atoms with E-state index in [1.165, 1.54) is 6.20 Å². The fourth-order valence-electron chi connectivity index (χ4n) is 4.45. The normalized spacial score (nSPS) is 15.4. The Morgan fingerprint density at radius 1 is 1.14 bits per heavy atom. The number of carbonyl (C=O) groups excluding carboxylic acids is 2. The maximum absolute atomic E-state index is 13.0. The monoisotopic (exact) mass is 494 g/mol. The van der Waals surface area contributed by atoms with E-state index in [0.717, 1.165) is 36.0 Å². The Balaban J connectivity index is 1.29. The molecule has 0 aliphatic carbocycles. The molecule has 2 amide bonds. The second kappa shape index (κ2) is 10.2. The molecular formula is C27H26N8O2. The van der Waals surface area contributed by atoms with Crippen LogP contribution in [-0.4, -0.2) is 55.8 Å². The predicted molar refractivity (Wildman–Crippen MR) is 140 cm³/mol. The van der Waals surface area contributed by atoms with Gasteiger partial charge in [0.05, 0.1) is 35.4 Å². The van der Waals surface area contributed by atoms with E-state index in [9.17, 15) is 9.59 Å². The van der Waals surface area contributed by atoms with Crippen LogP contribution in [0.25, 0.3) is 22.3 Å². The van der Waals surface area contributed by atoms with Gasteiger partial charge in [-0.1, -0.05) is 0 Å². The Hall–Kier alpha value is -4.62. The Morgan fingerprint density at radius 3 is 2.73 bits per heavy atom. The van der Waals surface area contributed by atoms with E-state index >= 15 is 0 Å². The lowest BCUT2D eigenvalue weighted by Gasteiger charge is -2.20. The number of nitriles is 1. The van der Waals surface area contributed by atoms with Crippen molar-refractivity contribution in [1.29, 1.82) is 5.26 Å². The summed E-state index contributed by atoms with van der Waals surface area (Å²) in [6.45, 7) is 5.18. The summed E-state index contributed by atoms with van der Waals surface area (Å²) in [5.74, 6) is -0.441. The van der Waals surface area contributed by atoms with E-state index in [-0.39, 0.29) is 11.8 Å². The first-order chi connectivity index (χ1) is 17.9. The third-order valence-electron chi connectivity index (χ3n) is 6.58. The van der Waals surface area contributed by atoms with Crippen LogP contribution >= 0.6 is 0 Å². The summed E-state index contributed by atoms with van der Waals surface area (Å²) < 4.78 is 0. The van der Waals surface area contributed by atoms with Gasteiger partial charge in [0.25, 0.3) is 5.91 Å². The second-order valence-electron chi connectivity index (χ2n) is 9.21. The molecule has 1 aliphatic rings. The molecule has 10 nitrogen and oxygen atoms in total. The molecule has 0 bridgehead atoms. The molecule has 5 heterocycles. The lowest BCUT2D eigenvalue weighted by Crippen LogP contribution is -2.35. The Morgan fingerprint density at radius 2 is 2.00 bits per heavy atom. The van der Waals surface area contributed by atoms with Crippen LogP contribution in [0, 0.1) is 18.3 Å². The van der Waals surface area contributed by atoms with Crippen molar-refractivity contribution in [3.8, 4) is 17.3 Å². The highest BCUT2D eigenvalue weighted by Gasteiger charge is 2.22. The number of hydrogen-bond acceptors (Lipinski definition) is 7. The number of fused-ring (bicyclic) bond motifs is 1. The van der Waals surface area contributed by atoms with E-state index in [0.29, 0.717) is 46.6 Å². The van der Waals surface area contributed by atoms with Gasteiger partial charge < -0.3 is 15.6 Å². The van der Waals surface area contributed by atoms with Crippen molar-refractivity contribution in [2.24, 2.45) is 0 Å². The van der Waals surface area contributed by atoms with Gasteiger partial charge in [-0.3, -0.25) is 19.5 Å². The molecule has 1 fully saturated rings. The average molecular weight is 495 g/mol. The minimum absolute atomic E-state index is 0.105. The summed E-state index contributed by atoms with van der Waals surface area (Å²) >= 11 is 0. The van der Waals surface area contributed by atoms with E-state index in [1.807, 2.05) is 12.1 Å². The standard InChI is InChI=1S/C27H26N8O2/c1-16-4-3-7-35(16)15-25(36)32-22-10-23(17(2)29-14-22)34-27(37)20-8-19-9-24(33-26(19)31-13-20)18-5-6-21(11-28)30-12-18/h5-6,8-10,12-14,16H,3-4,7,15H2,1-2H3,(H,31,33)(H,32,36)(H,34,37)/t16-/m0/s1. The summed E-state index contributed by atoms with van der Waals surface area (Å²) in [6.07, 6.45) is 6.91. The van der Waals surface area contributed by atoms with Crippen LogP contribution in [0.2, 0.25) is 0 Å². The lowest BCUT2D eigenvalue weighted by molar-refractivity contribution is -0.117. The van der Waals surface area contributed by atoms with E-state index < -0.39 is 0 Å². The number of pyridine rings is 3. The van der Waals surface area contributed by atoms with E-state index in [2.05, 4.69) is 42.4 Å². The molecule has 0 aromatic carbocycles. The largest absolute Gasteiger partial charge is 0.339 e. The van der Waals surface area contributed by atoms with Gasteiger partial charge in [0.15, 0.2) is 0 Å². The molecule has 3 N–H and O–H groups in total. The number of nitrogens with zero attached hydrogens (tertiary/aromatic N) is 5. The van der Waals surface area contributed by atoms with E-state index in [4.69, 9.17) is 5.26 Å². The molecule has 0 spiro atoms. The number of carbonyl (C=O) groups is 2. The first-order valence-corrected chi connectivity index (χ1v) is 12.1. The number of amides is 2. The third-order valence-corrected chi connectivity index (χ3v) is 6.58. The van der Waals surface area contributed by atoms with Crippen LogP contribution in [0.15, 0.2) is 48.9 Å². The molecule has 186 valence electrons. The Bertz CT molecular complexity index is 1520. The van der Waals surface area contributed by atoms with Gasteiger partial charge in [0, 0.05) is 35.1 Å². The fraction of sp³-hybridized carbons (Fsp3) is 0.259. The molecule has 1 aliphatic heterocycles. The van der Waals surface area contributed by atoms with Crippen LogP contribution in [-0.2, 0) is 4.79 Å². The molecule has 0 unspecified atom stereocenters. The van der Waals surface area contributed by atoms with Gasteiger partial charge in [-0.2, -0.15) is 5.26 Å². The minimum atomic E-state index is -0.337. The van der Waals surface area contributed by atoms with Gasteiger partial charge in [-0.25, -0.2) is 9.97 Å². The van der Waals surface area contributed by atoms with Crippen LogP contribution in [0.5, 0.6) is 0 Å². The summed E-state index contributed by atoms with van der Waals surface area (Å²) in [5.41, 5.74) is 4.61.